The molecule has 2 N–H and O–H groups in total. The summed E-state index contributed by atoms with van der Waals surface area (Å²) in [5.41, 5.74) is 6.05. The zero-order valence-corrected chi connectivity index (χ0v) is 17.3. The number of hydrogen-bond donors (Lipinski definition) is 2. The first-order valence-electron chi connectivity index (χ1n) is 10.7. The number of hydrogen-bond acceptors (Lipinski definition) is 3. The molecule has 28 heavy (non-hydrogen) atoms. The van der Waals surface area contributed by atoms with Crippen molar-refractivity contribution in [3.05, 3.63) is 63.9 Å². The molecule has 1 aliphatic carbocycles. The Labute approximate surface area is 173 Å². The molecule has 1 saturated carbocycles. The van der Waals surface area contributed by atoms with Crippen molar-refractivity contribution in [1.82, 2.24) is 10.3 Å². The number of nitrogens with zero attached hydrogens (tertiary/aromatic N) is 1. The van der Waals surface area contributed by atoms with Gasteiger partial charge in [-0.05, 0) is 73.5 Å². The summed E-state index contributed by atoms with van der Waals surface area (Å²) >= 11 is 6.51. The third-order valence-corrected chi connectivity index (χ3v) is 6.30. The molecule has 2 heterocycles. The maximum atomic E-state index is 6.51. The van der Waals surface area contributed by atoms with Crippen LogP contribution in [0.2, 0.25) is 5.02 Å². The van der Waals surface area contributed by atoms with Crippen LogP contribution in [0.15, 0.2) is 36.5 Å². The Hall–Kier alpha value is -1.84. The number of fused-ring (bicyclic) bond motifs is 1. The Balaban J connectivity index is 1.39. The third kappa shape index (κ3) is 4.95. The molecular formula is C24H30ClN3. The lowest BCUT2D eigenvalue weighted by Gasteiger charge is -2.17. The van der Waals surface area contributed by atoms with Crippen LogP contribution in [0.1, 0.15) is 54.5 Å². The fraction of sp³-hybridized carbons (Fsp3) is 0.458. The zero-order chi connectivity index (χ0) is 19.2. The molecule has 0 unspecified atom stereocenters. The molecule has 1 aromatic heterocycles. The first-order chi connectivity index (χ1) is 13.8. The van der Waals surface area contributed by atoms with E-state index in [0.29, 0.717) is 6.54 Å². The highest BCUT2D eigenvalue weighted by atomic mass is 35.5. The van der Waals surface area contributed by atoms with Crippen molar-refractivity contribution in [3.8, 4) is 0 Å². The standard InChI is InChI=1S/C24H30ClN3/c25-23-11-9-20-12-14-26-15-13-22(20)24(23)28-17-21-10-8-19(16-27-21)7-6-18-4-2-1-3-5-18/h6-11,16,18,26,28H,1-5,12-15,17H2/b7-6-. The van der Waals surface area contributed by atoms with Crippen molar-refractivity contribution < 1.29 is 0 Å². The van der Waals surface area contributed by atoms with Crippen LogP contribution < -0.4 is 10.6 Å². The maximum Gasteiger partial charge on any atom is 0.0640 e. The Morgan fingerprint density at radius 1 is 1.07 bits per heavy atom. The predicted molar refractivity (Wildman–Crippen MR) is 119 cm³/mol. The molecule has 1 fully saturated rings. The largest absolute Gasteiger partial charge is 0.378 e. The second-order valence-corrected chi connectivity index (χ2v) is 8.41. The number of rotatable bonds is 5. The van der Waals surface area contributed by atoms with Gasteiger partial charge in [-0.15, -0.1) is 0 Å². The quantitative estimate of drug-likeness (QED) is 0.688. The summed E-state index contributed by atoms with van der Waals surface area (Å²) in [6.07, 6.45) is 15.5. The highest BCUT2D eigenvalue weighted by molar-refractivity contribution is 6.33. The molecule has 0 bridgehead atoms. The van der Waals surface area contributed by atoms with Gasteiger partial charge in [0.2, 0.25) is 0 Å². The van der Waals surface area contributed by atoms with Crippen molar-refractivity contribution in [2.24, 2.45) is 5.92 Å². The molecular weight excluding hydrogens is 366 g/mol. The van der Waals surface area contributed by atoms with Crippen LogP contribution in [-0.2, 0) is 19.4 Å². The molecule has 0 radical (unpaired) electrons. The van der Waals surface area contributed by atoms with Gasteiger partial charge in [0.05, 0.1) is 22.9 Å². The van der Waals surface area contributed by atoms with Gasteiger partial charge < -0.3 is 10.6 Å². The van der Waals surface area contributed by atoms with E-state index >= 15 is 0 Å². The highest BCUT2D eigenvalue weighted by Gasteiger charge is 2.15. The summed E-state index contributed by atoms with van der Waals surface area (Å²) in [5.74, 6) is 0.750. The van der Waals surface area contributed by atoms with Gasteiger partial charge in [-0.2, -0.15) is 0 Å². The van der Waals surface area contributed by atoms with E-state index in [-0.39, 0.29) is 0 Å². The molecule has 3 nitrogen and oxygen atoms in total. The second kappa shape index (κ2) is 9.58. The number of aromatic nitrogens is 1. The Morgan fingerprint density at radius 2 is 1.93 bits per heavy atom. The smallest absolute Gasteiger partial charge is 0.0640 e. The van der Waals surface area contributed by atoms with E-state index in [4.69, 9.17) is 11.6 Å². The van der Waals surface area contributed by atoms with Crippen LogP contribution in [0.5, 0.6) is 0 Å². The van der Waals surface area contributed by atoms with Gasteiger partial charge in [-0.25, -0.2) is 0 Å². The molecule has 148 valence electrons. The molecule has 1 aromatic carbocycles. The minimum Gasteiger partial charge on any atom is -0.378 e. The summed E-state index contributed by atoms with van der Waals surface area (Å²) < 4.78 is 0. The van der Waals surface area contributed by atoms with E-state index in [1.54, 1.807) is 0 Å². The second-order valence-electron chi connectivity index (χ2n) is 8.00. The van der Waals surface area contributed by atoms with Gasteiger partial charge in [0.15, 0.2) is 0 Å². The fourth-order valence-corrected chi connectivity index (χ4v) is 4.57. The van der Waals surface area contributed by atoms with E-state index in [2.05, 4.69) is 46.0 Å². The predicted octanol–water partition coefficient (Wildman–Crippen LogP) is 5.63. The van der Waals surface area contributed by atoms with E-state index in [9.17, 15) is 0 Å². The molecule has 2 aliphatic rings. The lowest BCUT2D eigenvalue weighted by atomic mass is 9.89. The highest BCUT2D eigenvalue weighted by Crippen LogP contribution is 2.31. The van der Waals surface area contributed by atoms with Crippen LogP contribution in [0, 0.1) is 5.92 Å². The molecule has 2 aromatic rings. The minimum atomic E-state index is 0.691. The van der Waals surface area contributed by atoms with Gasteiger partial charge in [-0.3, -0.25) is 4.98 Å². The normalized spacial score (nSPS) is 18.0. The van der Waals surface area contributed by atoms with Gasteiger partial charge in [-0.1, -0.05) is 55.1 Å². The van der Waals surface area contributed by atoms with Gasteiger partial charge >= 0.3 is 0 Å². The Kier molecular flexibility index (Phi) is 6.66. The molecule has 4 heteroatoms. The average Bonchev–Trinajstić information content (AvgIpc) is 2.99. The molecule has 1 aliphatic heterocycles. The van der Waals surface area contributed by atoms with E-state index in [0.717, 1.165) is 48.3 Å². The van der Waals surface area contributed by atoms with Crippen LogP contribution >= 0.6 is 11.6 Å². The van der Waals surface area contributed by atoms with Gasteiger partial charge in [0, 0.05) is 6.20 Å². The summed E-state index contributed by atoms with van der Waals surface area (Å²) in [4.78, 5) is 4.65. The zero-order valence-electron chi connectivity index (χ0n) is 16.5. The maximum absolute atomic E-state index is 6.51. The van der Waals surface area contributed by atoms with E-state index in [1.807, 2.05) is 12.3 Å². The van der Waals surface area contributed by atoms with Crippen molar-refractivity contribution in [2.45, 2.75) is 51.5 Å². The minimum absolute atomic E-state index is 0.691. The van der Waals surface area contributed by atoms with Crippen molar-refractivity contribution in [3.63, 3.8) is 0 Å². The van der Waals surface area contributed by atoms with E-state index in [1.165, 1.54) is 48.8 Å². The fourth-order valence-electron chi connectivity index (χ4n) is 4.33. The van der Waals surface area contributed by atoms with Gasteiger partial charge in [0.25, 0.3) is 0 Å². The van der Waals surface area contributed by atoms with Gasteiger partial charge in [0.1, 0.15) is 0 Å². The van der Waals surface area contributed by atoms with Crippen LogP contribution in [0.25, 0.3) is 6.08 Å². The van der Waals surface area contributed by atoms with Crippen molar-refractivity contribution in [2.75, 3.05) is 18.4 Å². The summed E-state index contributed by atoms with van der Waals surface area (Å²) in [6, 6.07) is 8.47. The van der Waals surface area contributed by atoms with Crippen LogP contribution in [0.4, 0.5) is 5.69 Å². The lowest BCUT2D eigenvalue weighted by molar-refractivity contribution is 0.420. The molecule has 0 amide bonds. The van der Waals surface area contributed by atoms with E-state index < -0.39 is 0 Å². The third-order valence-electron chi connectivity index (χ3n) is 5.99. The number of pyridine rings is 1. The van der Waals surface area contributed by atoms with Crippen molar-refractivity contribution in [1.29, 1.82) is 0 Å². The number of benzene rings is 1. The van der Waals surface area contributed by atoms with Crippen LogP contribution in [-0.4, -0.2) is 18.1 Å². The SMILES string of the molecule is Clc1ccc2c(c1NCc1ccc(/C=C\C3CCCCC3)cn1)CCNCC2. The lowest BCUT2D eigenvalue weighted by Crippen LogP contribution is -2.16. The molecule has 0 atom stereocenters. The molecule has 0 saturated heterocycles. The Morgan fingerprint density at radius 3 is 2.75 bits per heavy atom. The summed E-state index contributed by atoms with van der Waals surface area (Å²) in [7, 11) is 0. The number of anilines is 1. The summed E-state index contributed by atoms with van der Waals surface area (Å²) in [5, 5.41) is 7.81. The summed E-state index contributed by atoms with van der Waals surface area (Å²) in [6.45, 7) is 2.73. The average molecular weight is 396 g/mol. The van der Waals surface area contributed by atoms with Crippen LogP contribution in [0.3, 0.4) is 0 Å². The number of halogens is 1. The number of nitrogens with one attached hydrogen (secondary N) is 2. The molecule has 4 rings (SSSR count). The topological polar surface area (TPSA) is 37.0 Å². The Bertz CT molecular complexity index is 807. The monoisotopic (exact) mass is 395 g/mol. The number of allylic oxidation sites excluding steroid dienone is 1. The van der Waals surface area contributed by atoms with Crippen molar-refractivity contribution >= 4 is 23.4 Å². The first kappa shape index (κ1) is 19.5. The first-order valence-corrected chi connectivity index (χ1v) is 11.1. The molecule has 0 spiro atoms.